The summed E-state index contributed by atoms with van der Waals surface area (Å²) in [5.41, 5.74) is 1.56. The molecule has 0 saturated heterocycles. The van der Waals surface area contributed by atoms with Gasteiger partial charge in [0.05, 0.1) is 5.02 Å². The number of pyridine rings is 1. The lowest BCUT2D eigenvalue weighted by atomic mass is 10.3. The molecule has 5 nitrogen and oxygen atoms in total. The minimum Gasteiger partial charge on any atom is -0.489 e. The van der Waals surface area contributed by atoms with Gasteiger partial charge in [0.25, 0.3) is 5.91 Å². The molecule has 1 aromatic heterocycles. The summed E-state index contributed by atoms with van der Waals surface area (Å²) in [6, 6.07) is 15.7. The number of anilines is 1. The standard InChI is InChI=1S/C20H16Cl2N2O3/c21-15-6-7-18(22)19(9-15)27-13-20(25)24-16-4-1-5-17(10-16)26-12-14-3-2-8-23-11-14/h1-11H,12-13H2,(H,24,25). The van der Waals surface area contributed by atoms with E-state index < -0.39 is 0 Å². The topological polar surface area (TPSA) is 60.5 Å². The van der Waals surface area contributed by atoms with Crippen molar-refractivity contribution in [1.82, 2.24) is 4.98 Å². The molecule has 0 aliphatic rings. The van der Waals surface area contributed by atoms with Crippen molar-refractivity contribution in [3.05, 3.63) is 82.6 Å². The van der Waals surface area contributed by atoms with Crippen LogP contribution >= 0.6 is 23.2 Å². The Morgan fingerprint density at radius 3 is 2.74 bits per heavy atom. The van der Waals surface area contributed by atoms with Crippen molar-refractivity contribution in [2.75, 3.05) is 11.9 Å². The van der Waals surface area contributed by atoms with E-state index in [1.807, 2.05) is 18.2 Å². The monoisotopic (exact) mass is 402 g/mol. The number of amides is 1. The Bertz CT molecular complexity index is 920. The number of halogens is 2. The van der Waals surface area contributed by atoms with E-state index in [0.29, 0.717) is 33.8 Å². The van der Waals surface area contributed by atoms with Crippen LogP contribution in [-0.4, -0.2) is 17.5 Å². The number of hydrogen-bond donors (Lipinski definition) is 1. The van der Waals surface area contributed by atoms with Crippen LogP contribution in [0.5, 0.6) is 11.5 Å². The van der Waals surface area contributed by atoms with E-state index in [9.17, 15) is 4.79 Å². The molecule has 0 fully saturated rings. The predicted molar refractivity (Wildman–Crippen MR) is 106 cm³/mol. The van der Waals surface area contributed by atoms with Gasteiger partial charge in [-0.2, -0.15) is 0 Å². The molecule has 0 radical (unpaired) electrons. The van der Waals surface area contributed by atoms with Crippen LogP contribution in [0.2, 0.25) is 10.0 Å². The number of carbonyl (C=O) groups excluding carboxylic acids is 1. The van der Waals surface area contributed by atoms with Crippen molar-refractivity contribution in [2.24, 2.45) is 0 Å². The number of ether oxygens (including phenoxy) is 2. The fourth-order valence-corrected chi connectivity index (χ4v) is 2.58. The summed E-state index contributed by atoms with van der Waals surface area (Å²) < 4.78 is 11.1. The van der Waals surface area contributed by atoms with Crippen molar-refractivity contribution in [2.45, 2.75) is 6.61 Å². The molecule has 0 atom stereocenters. The highest BCUT2D eigenvalue weighted by Crippen LogP contribution is 2.27. The van der Waals surface area contributed by atoms with Crippen LogP contribution in [0.1, 0.15) is 5.56 Å². The van der Waals surface area contributed by atoms with Crippen LogP contribution in [0.25, 0.3) is 0 Å². The van der Waals surface area contributed by atoms with Gasteiger partial charge in [-0.1, -0.05) is 35.3 Å². The highest BCUT2D eigenvalue weighted by molar-refractivity contribution is 6.34. The van der Waals surface area contributed by atoms with Crippen molar-refractivity contribution >= 4 is 34.8 Å². The Labute approximate surface area is 166 Å². The minimum absolute atomic E-state index is 0.194. The van der Waals surface area contributed by atoms with Crippen molar-refractivity contribution in [3.63, 3.8) is 0 Å². The quantitative estimate of drug-likeness (QED) is 0.604. The van der Waals surface area contributed by atoms with E-state index in [-0.39, 0.29) is 12.5 Å². The highest BCUT2D eigenvalue weighted by atomic mass is 35.5. The summed E-state index contributed by atoms with van der Waals surface area (Å²) in [5, 5.41) is 3.62. The number of benzene rings is 2. The first kappa shape index (κ1) is 19.0. The SMILES string of the molecule is O=C(COc1cc(Cl)ccc1Cl)Nc1cccc(OCc2cccnc2)c1. The van der Waals surface area contributed by atoms with Gasteiger partial charge in [0.15, 0.2) is 6.61 Å². The zero-order valence-electron chi connectivity index (χ0n) is 14.2. The smallest absolute Gasteiger partial charge is 0.262 e. The lowest BCUT2D eigenvalue weighted by Crippen LogP contribution is -2.20. The van der Waals surface area contributed by atoms with E-state index in [2.05, 4.69) is 10.3 Å². The van der Waals surface area contributed by atoms with Gasteiger partial charge < -0.3 is 14.8 Å². The van der Waals surface area contributed by atoms with E-state index in [0.717, 1.165) is 5.56 Å². The van der Waals surface area contributed by atoms with E-state index in [1.165, 1.54) is 0 Å². The van der Waals surface area contributed by atoms with Crippen LogP contribution in [0.15, 0.2) is 67.0 Å². The molecular formula is C20H16Cl2N2O3. The summed E-state index contributed by atoms with van der Waals surface area (Å²) in [4.78, 5) is 16.2. The van der Waals surface area contributed by atoms with Gasteiger partial charge >= 0.3 is 0 Å². The molecule has 1 N–H and O–H groups in total. The van der Waals surface area contributed by atoms with E-state index in [4.69, 9.17) is 32.7 Å². The van der Waals surface area contributed by atoms with Gasteiger partial charge in [-0.15, -0.1) is 0 Å². The summed E-state index contributed by atoms with van der Waals surface area (Å²) in [7, 11) is 0. The Kier molecular flexibility index (Phi) is 6.52. The lowest BCUT2D eigenvalue weighted by Gasteiger charge is -2.11. The Morgan fingerprint density at radius 1 is 1.04 bits per heavy atom. The number of aromatic nitrogens is 1. The largest absolute Gasteiger partial charge is 0.489 e. The number of carbonyl (C=O) groups is 1. The third-order valence-electron chi connectivity index (χ3n) is 3.50. The molecule has 0 aliphatic heterocycles. The van der Waals surface area contributed by atoms with Crippen LogP contribution in [0.3, 0.4) is 0 Å². The molecule has 0 saturated carbocycles. The molecule has 1 heterocycles. The van der Waals surface area contributed by atoms with Crippen LogP contribution < -0.4 is 14.8 Å². The summed E-state index contributed by atoms with van der Waals surface area (Å²) in [5.74, 6) is 0.666. The maximum atomic E-state index is 12.1. The first-order valence-corrected chi connectivity index (χ1v) is 8.85. The fraction of sp³-hybridized carbons (Fsp3) is 0.100. The molecule has 0 spiro atoms. The number of nitrogens with zero attached hydrogens (tertiary/aromatic N) is 1. The normalized spacial score (nSPS) is 10.3. The lowest BCUT2D eigenvalue weighted by molar-refractivity contribution is -0.118. The second-order valence-electron chi connectivity index (χ2n) is 5.59. The number of rotatable bonds is 7. The molecule has 3 rings (SSSR count). The van der Waals surface area contributed by atoms with E-state index in [1.54, 1.807) is 48.8 Å². The average molecular weight is 403 g/mol. The van der Waals surface area contributed by atoms with Crippen molar-refractivity contribution in [1.29, 1.82) is 0 Å². The molecule has 138 valence electrons. The Hall–Kier alpha value is -2.76. The third-order valence-corrected chi connectivity index (χ3v) is 4.05. The zero-order chi connectivity index (χ0) is 19.1. The van der Waals surface area contributed by atoms with Gasteiger partial charge in [0.2, 0.25) is 0 Å². The van der Waals surface area contributed by atoms with Crippen LogP contribution in [0.4, 0.5) is 5.69 Å². The molecule has 0 unspecified atom stereocenters. The second kappa shape index (κ2) is 9.26. The van der Waals surface area contributed by atoms with Crippen molar-refractivity contribution < 1.29 is 14.3 Å². The maximum absolute atomic E-state index is 12.1. The van der Waals surface area contributed by atoms with Gasteiger partial charge in [0.1, 0.15) is 18.1 Å². The third kappa shape index (κ3) is 5.88. The highest BCUT2D eigenvalue weighted by Gasteiger charge is 2.08. The predicted octanol–water partition coefficient (Wildman–Crippen LogP) is 4.98. The molecule has 27 heavy (non-hydrogen) atoms. The van der Waals surface area contributed by atoms with Crippen LogP contribution in [0, 0.1) is 0 Å². The van der Waals surface area contributed by atoms with E-state index >= 15 is 0 Å². The number of hydrogen-bond acceptors (Lipinski definition) is 4. The Balaban J connectivity index is 1.54. The zero-order valence-corrected chi connectivity index (χ0v) is 15.7. The Morgan fingerprint density at radius 2 is 1.93 bits per heavy atom. The molecule has 1 amide bonds. The molecule has 0 aliphatic carbocycles. The molecule has 0 bridgehead atoms. The average Bonchev–Trinajstić information content (AvgIpc) is 2.68. The van der Waals surface area contributed by atoms with Crippen molar-refractivity contribution in [3.8, 4) is 11.5 Å². The summed E-state index contributed by atoms with van der Waals surface area (Å²) in [6.45, 7) is 0.197. The maximum Gasteiger partial charge on any atom is 0.262 e. The first-order valence-electron chi connectivity index (χ1n) is 8.09. The fourth-order valence-electron chi connectivity index (χ4n) is 2.24. The van der Waals surface area contributed by atoms with Gasteiger partial charge in [-0.25, -0.2) is 0 Å². The second-order valence-corrected chi connectivity index (χ2v) is 6.43. The van der Waals surface area contributed by atoms with Gasteiger partial charge in [-0.05, 0) is 30.3 Å². The summed E-state index contributed by atoms with van der Waals surface area (Å²) in [6.07, 6.45) is 3.45. The summed E-state index contributed by atoms with van der Waals surface area (Å²) >= 11 is 11.9. The van der Waals surface area contributed by atoms with Gasteiger partial charge in [0, 0.05) is 40.8 Å². The van der Waals surface area contributed by atoms with Gasteiger partial charge in [-0.3, -0.25) is 9.78 Å². The molecule has 7 heteroatoms. The molecule has 3 aromatic rings. The van der Waals surface area contributed by atoms with Crippen LogP contribution in [-0.2, 0) is 11.4 Å². The molecule has 2 aromatic carbocycles. The minimum atomic E-state index is -0.324. The first-order chi connectivity index (χ1) is 13.1. The molecular weight excluding hydrogens is 387 g/mol. The number of nitrogens with one attached hydrogen (secondary N) is 1.